The second-order valence-corrected chi connectivity index (χ2v) is 6.41. The Balaban J connectivity index is 2.35. The van der Waals surface area contributed by atoms with Crippen molar-refractivity contribution in [1.82, 2.24) is 0 Å². The SMILES string of the molecule is CCCCCCCC(=O)Oc1ccc(C(C)(C)C)cc1. The van der Waals surface area contributed by atoms with Gasteiger partial charge in [-0.05, 0) is 29.5 Å². The number of carbonyl (C=O) groups is 1. The van der Waals surface area contributed by atoms with Crippen molar-refractivity contribution < 1.29 is 9.53 Å². The molecule has 0 atom stereocenters. The first kappa shape index (κ1) is 16.7. The number of benzene rings is 1. The van der Waals surface area contributed by atoms with Gasteiger partial charge >= 0.3 is 5.97 Å². The maximum absolute atomic E-state index is 11.7. The maximum atomic E-state index is 11.7. The molecule has 1 aromatic rings. The van der Waals surface area contributed by atoms with E-state index in [1.165, 1.54) is 24.8 Å². The van der Waals surface area contributed by atoms with Crippen molar-refractivity contribution in [2.45, 2.75) is 71.6 Å². The van der Waals surface area contributed by atoms with E-state index < -0.39 is 0 Å². The fourth-order valence-corrected chi connectivity index (χ4v) is 2.08. The zero-order chi connectivity index (χ0) is 15.0. The van der Waals surface area contributed by atoms with Crippen molar-refractivity contribution in [2.75, 3.05) is 0 Å². The number of esters is 1. The van der Waals surface area contributed by atoms with Crippen LogP contribution in [0.1, 0.15) is 71.8 Å². The maximum Gasteiger partial charge on any atom is 0.311 e. The summed E-state index contributed by atoms with van der Waals surface area (Å²) < 4.78 is 5.35. The molecule has 0 aliphatic heterocycles. The zero-order valence-corrected chi connectivity index (χ0v) is 13.4. The van der Waals surface area contributed by atoms with E-state index in [9.17, 15) is 4.79 Å². The Hall–Kier alpha value is -1.31. The first-order chi connectivity index (χ1) is 9.43. The van der Waals surface area contributed by atoms with E-state index in [-0.39, 0.29) is 11.4 Å². The predicted octanol–water partition coefficient (Wildman–Crippen LogP) is 5.25. The average molecular weight is 276 g/mol. The van der Waals surface area contributed by atoms with Gasteiger partial charge in [0.25, 0.3) is 0 Å². The van der Waals surface area contributed by atoms with Crippen LogP contribution < -0.4 is 4.74 Å². The predicted molar refractivity (Wildman–Crippen MR) is 84.2 cm³/mol. The summed E-state index contributed by atoms with van der Waals surface area (Å²) in [6.45, 7) is 8.70. The Kier molecular flexibility index (Phi) is 6.77. The van der Waals surface area contributed by atoms with Gasteiger partial charge in [0.2, 0.25) is 0 Å². The van der Waals surface area contributed by atoms with Gasteiger partial charge in [0, 0.05) is 6.42 Å². The minimum Gasteiger partial charge on any atom is -0.427 e. The molecule has 0 spiro atoms. The Bertz CT molecular complexity index is 398. The molecule has 1 rings (SSSR count). The summed E-state index contributed by atoms with van der Waals surface area (Å²) in [5.41, 5.74) is 1.37. The standard InChI is InChI=1S/C18H28O2/c1-5-6-7-8-9-10-17(19)20-16-13-11-15(12-14-16)18(2,3)4/h11-14H,5-10H2,1-4H3. The average Bonchev–Trinajstić information content (AvgIpc) is 2.38. The third-order valence-electron chi connectivity index (χ3n) is 3.44. The Labute approximate surface area is 123 Å². The van der Waals surface area contributed by atoms with E-state index >= 15 is 0 Å². The van der Waals surface area contributed by atoms with Gasteiger partial charge < -0.3 is 4.74 Å². The molecule has 0 unspecified atom stereocenters. The zero-order valence-electron chi connectivity index (χ0n) is 13.4. The van der Waals surface area contributed by atoms with E-state index in [0.717, 1.165) is 12.8 Å². The molecule has 0 radical (unpaired) electrons. The summed E-state index contributed by atoms with van der Waals surface area (Å²) >= 11 is 0. The van der Waals surface area contributed by atoms with Crippen molar-refractivity contribution in [1.29, 1.82) is 0 Å². The Morgan fingerprint density at radius 2 is 1.60 bits per heavy atom. The molecule has 2 heteroatoms. The molecule has 0 aromatic heterocycles. The number of hydrogen-bond acceptors (Lipinski definition) is 2. The van der Waals surface area contributed by atoms with Crippen LogP contribution in [0.5, 0.6) is 5.75 Å². The lowest BCUT2D eigenvalue weighted by Crippen LogP contribution is -2.11. The minimum absolute atomic E-state index is 0.120. The third-order valence-corrected chi connectivity index (χ3v) is 3.44. The van der Waals surface area contributed by atoms with Crippen LogP contribution in [-0.2, 0) is 10.2 Å². The monoisotopic (exact) mass is 276 g/mol. The van der Waals surface area contributed by atoms with Crippen molar-refractivity contribution in [3.63, 3.8) is 0 Å². The second-order valence-electron chi connectivity index (χ2n) is 6.41. The molecule has 0 N–H and O–H groups in total. The molecule has 112 valence electrons. The lowest BCUT2D eigenvalue weighted by Gasteiger charge is -2.18. The summed E-state index contributed by atoms with van der Waals surface area (Å²) in [5, 5.41) is 0. The minimum atomic E-state index is -0.120. The highest BCUT2D eigenvalue weighted by Crippen LogP contribution is 2.24. The van der Waals surface area contributed by atoms with Crippen LogP contribution in [0.4, 0.5) is 0 Å². The number of carbonyl (C=O) groups excluding carboxylic acids is 1. The van der Waals surface area contributed by atoms with E-state index in [0.29, 0.717) is 12.2 Å². The molecule has 0 aliphatic rings. The van der Waals surface area contributed by atoms with Crippen molar-refractivity contribution in [3.05, 3.63) is 29.8 Å². The summed E-state index contributed by atoms with van der Waals surface area (Å²) in [4.78, 5) is 11.7. The number of unbranched alkanes of at least 4 members (excludes halogenated alkanes) is 4. The molecule has 1 aromatic carbocycles. The van der Waals surface area contributed by atoms with Gasteiger partial charge in [-0.1, -0.05) is 65.5 Å². The fraction of sp³-hybridized carbons (Fsp3) is 0.611. The number of rotatable bonds is 7. The van der Waals surface area contributed by atoms with Crippen LogP contribution >= 0.6 is 0 Å². The first-order valence-corrected chi connectivity index (χ1v) is 7.74. The van der Waals surface area contributed by atoms with Crippen LogP contribution in [0.15, 0.2) is 24.3 Å². The van der Waals surface area contributed by atoms with E-state index in [1.54, 1.807) is 0 Å². The molecular formula is C18H28O2. The van der Waals surface area contributed by atoms with E-state index in [2.05, 4.69) is 27.7 Å². The van der Waals surface area contributed by atoms with Crippen LogP contribution in [0, 0.1) is 0 Å². The van der Waals surface area contributed by atoms with Gasteiger partial charge in [-0.15, -0.1) is 0 Å². The van der Waals surface area contributed by atoms with Crippen LogP contribution in [0.3, 0.4) is 0 Å². The summed E-state index contributed by atoms with van der Waals surface area (Å²) in [6.07, 6.45) is 6.26. The third kappa shape index (κ3) is 6.23. The Morgan fingerprint density at radius 3 is 2.15 bits per heavy atom. The smallest absolute Gasteiger partial charge is 0.311 e. The molecule has 0 heterocycles. The lowest BCUT2D eigenvalue weighted by atomic mass is 9.87. The summed E-state index contributed by atoms with van der Waals surface area (Å²) in [6, 6.07) is 7.83. The largest absolute Gasteiger partial charge is 0.427 e. The van der Waals surface area contributed by atoms with Crippen LogP contribution in [0.2, 0.25) is 0 Å². The van der Waals surface area contributed by atoms with Crippen molar-refractivity contribution in [2.24, 2.45) is 0 Å². The molecular weight excluding hydrogens is 248 g/mol. The number of ether oxygens (including phenoxy) is 1. The molecule has 0 saturated heterocycles. The highest BCUT2D eigenvalue weighted by Gasteiger charge is 2.13. The Morgan fingerprint density at radius 1 is 1.00 bits per heavy atom. The van der Waals surface area contributed by atoms with Gasteiger partial charge in [-0.25, -0.2) is 0 Å². The van der Waals surface area contributed by atoms with Crippen molar-refractivity contribution >= 4 is 5.97 Å². The first-order valence-electron chi connectivity index (χ1n) is 7.74. The molecule has 20 heavy (non-hydrogen) atoms. The van der Waals surface area contributed by atoms with Gasteiger partial charge in [0.05, 0.1) is 0 Å². The lowest BCUT2D eigenvalue weighted by molar-refractivity contribution is -0.134. The van der Waals surface area contributed by atoms with Crippen molar-refractivity contribution in [3.8, 4) is 5.75 Å². The van der Waals surface area contributed by atoms with Gasteiger partial charge in [-0.2, -0.15) is 0 Å². The topological polar surface area (TPSA) is 26.3 Å². The normalized spacial score (nSPS) is 11.4. The van der Waals surface area contributed by atoms with Gasteiger partial charge in [0.15, 0.2) is 0 Å². The fourth-order valence-electron chi connectivity index (χ4n) is 2.08. The summed E-state index contributed by atoms with van der Waals surface area (Å²) in [5.74, 6) is 0.529. The highest BCUT2D eigenvalue weighted by atomic mass is 16.5. The second kappa shape index (κ2) is 8.08. The number of hydrogen-bond donors (Lipinski definition) is 0. The van der Waals surface area contributed by atoms with Crippen LogP contribution in [0.25, 0.3) is 0 Å². The molecule has 0 aliphatic carbocycles. The summed E-state index contributed by atoms with van der Waals surface area (Å²) in [7, 11) is 0. The van der Waals surface area contributed by atoms with E-state index in [4.69, 9.17) is 4.74 Å². The molecule has 0 amide bonds. The molecule has 0 saturated carbocycles. The highest BCUT2D eigenvalue weighted by molar-refractivity contribution is 5.72. The molecule has 2 nitrogen and oxygen atoms in total. The van der Waals surface area contributed by atoms with Gasteiger partial charge in [-0.3, -0.25) is 4.79 Å². The van der Waals surface area contributed by atoms with Crippen LogP contribution in [-0.4, -0.2) is 5.97 Å². The van der Waals surface area contributed by atoms with E-state index in [1.807, 2.05) is 24.3 Å². The van der Waals surface area contributed by atoms with Gasteiger partial charge in [0.1, 0.15) is 5.75 Å². The molecule has 0 fully saturated rings. The quantitative estimate of drug-likeness (QED) is 0.386. The molecule has 0 bridgehead atoms.